The van der Waals surface area contributed by atoms with Crippen molar-refractivity contribution in [3.8, 4) is 22.6 Å². The van der Waals surface area contributed by atoms with Gasteiger partial charge in [-0.05, 0) is 78.2 Å². The predicted octanol–water partition coefficient (Wildman–Crippen LogP) is 8.33. The Hall–Kier alpha value is -4.70. The molecule has 0 atom stereocenters. The van der Waals surface area contributed by atoms with E-state index in [0.29, 0.717) is 0 Å². The lowest BCUT2D eigenvalue weighted by Crippen LogP contribution is -2.15. The number of pyridine rings is 2. The SMILES string of the molecule is Cc1cc(N2c3ccccc3Oc3ccccc32)ccc1-c1cc2cccnc2c2ncccc12. The number of nitrogens with zero attached hydrogens (tertiary/aromatic N) is 3. The highest BCUT2D eigenvalue weighted by Crippen LogP contribution is 2.50. The van der Waals surface area contributed by atoms with E-state index in [9.17, 15) is 0 Å². The van der Waals surface area contributed by atoms with Crippen LogP contribution in [0.3, 0.4) is 0 Å². The van der Waals surface area contributed by atoms with Crippen LogP contribution in [0.5, 0.6) is 11.5 Å². The minimum atomic E-state index is 0.854. The van der Waals surface area contributed by atoms with Gasteiger partial charge in [0.2, 0.25) is 0 Å². The van der Waals surface area contributed by atoms with Crippen molar-refractivity contribution in [1.82, 2.24) is 9.97 Å². The van der Waals surface area contributed by atoms with E-state index >= 15 is 0 Å². The van der Waals surface area contributed by atoms with Gasteiger partial charge in [-0.15, -0.1) is 0 Å². The van der Waals surface area contributed by atoms with Gasteiger partial charge in [-0.25, -0.2) is 0 Å². The predicted molar refractivity (Wildman–Crippen MR) is 142 cm³/mol. The van der Waals surface area contributed by atoms with E-state index < -0.39 is 0 Å². The molecule has 0 saturated carbocycles. The number of aromatic nitrogens is 2. The Morgan fingerprint density at radius 2 is 1.31 bits per heavy atom. The van der Waals surface area contributed by atoms with E-state index in [1.807, 2.05) is 60.9 Å². The van der Waals surface area contributed by atoms with Crippen LogP contribution in [0, 0.1) is 6.92 Å². The topological polar surface area (TPSA) is 38.2 Å². The molecule has 4 nitrogen and oxygen atoms in total. The lowest BCUT2D eigenvalue weighted by molar-refractivity contribution is 0.477. The fourth-order valence-corrected chi connectivity index (χ4v) is 5.07. The number of anilines is 3. The number of ether oxygens (including phenoxy) is 1. The van der Waals surface area contributed by atoms with E-state index in [4.69, 9.17) is 4.74 Å². The molecule has 166 valence electrons. The first-order valence-electron chi connectivity index (χ1n) is 11.7. The Kier molecular flexibility index (Phi) is 4.33. The fourth-order valence-electron chi connectivity index (χ4n) is 5.07. The van der Waals surface area contributed by atoms with Crippen LogP contribution in [0.1, 0.15) is 5.56 Å². The van der Waals surface area contributed by atoms with Crippen molar-refractivity contribution < 1.29 is 4.74 Å². The van der Waals surface area contributed by atoms with Crippen LogP contribution < -0.4 is 9.64 Å². The second kappa shape index (κ2) is 7.67. The number of fused-ring (bicyclic) bond motifs is 5. The maximum Gasteiger partial charge on any atom is 0.151 e. The van der Waals surface area contributed by atoms with Crippen molar-refractivity contribution in [3.05, 3.63) is 115 Å². The number of hydrogen-bond acceptors (Lipinski definition) is 4. The zero-order chi connectivity index (χ0) is 23.4. The third kappa shape index (κ3) is 3.07. The first kappa shape index (κ1) is 19.7. The molecule has 0 fully saturated rings. The molecule has 4 heteroatoms. The van der Waals surface area contributed by atoms with Crippen molar-refractivity contribution >= 4 is 38.9 Å². The largest absolute Gasteiger partial charge is 0.453 e. The smallest absolute Gasteiger partial charge is 0.151 e. The third-order valence-electron chi connectivity index (χ3n) is 6.65. The van der Waals surface area contributed by atoms with E-state index in [1.165, 1.54) is 16.7 Å². The van der Waals surface area contributed by atoms with E-state index in [1.54, 1.807) is 0 Å². The van der Waals surface area contributed by atoms with Crippen LogP contribution in [-0.4, -0.2) is 9.97 Å². The summed E-state index contributed by atoms with van der Waals surface area (Å²) in [6.45, 7) is 2.17. The quantitative estimate of drug-likeness (QED) is 0.248. The summed E-state index contributed by atoms with van der Waals surface area (Å²) in [6, 6.07) is 33.4. The van der Waals surface area contributed by atoms with Gasteiger partial charge in [0.15, 0.2) is 11.5 Å². The average Bonchev–Trinajstić information content (AvgIpc) is 2.91. The fraction of sp³-hybridized carbons (Fsp3) is 0.0323. The second-order valence-corrected chi connectivity index (χ2v) is 8.77. The van der Waals surface area contributed by atoms with Crippen molar-refractivity contribution in [1.29, 1.82) is 0 Å². The molecule has 7 rings (SSSR count). The number of hydrogen-bond donors (Lipinski definition) is 0. The zero-order valence-corrected chi connectivity index (χ0v) is 19.1. The van der Waals surface area contributed by atoms with Gasteiger partial charge >= 0.3 is 0 Å². The molecule has 1 aliphatic rings. The molecule has 0 amide bonds. The van der Waals surface area contributed by atoms with Gasteiger partial charge in [0.25, 0.3) is 0 Å². The van der Waals surface area contributed by atoms with Crippen molar-refractivity contribution in [2.24, 2.45) is 0 Å². The molecular formula is C31H21N3O. The summed E-state index contributed by atoms with van der Waals surface area (Å²) in [5.74, 6) is 1.71. The van der Waals surface area contributed by atoms with Crippen molar-refractivity contribution in [3.63, 3.8) is 0 Å². The molecule has 0 radical (unpaired) electrons. The minimum absolute atomic E-state index is 0.854. The zero-order valence-electron chi connectivity index (χ0n) is 19.1. The van der Waals surface area contributed by atoms with Gasteiger partial charge < -0.3 is 9.64 Å². The summed E-state index contributed by atoms with van der Waals surface area (Å²) in [7, 11) is 0. The molecule has 0 saturated heterocycles. The summed E-state index contributed by atoms with van der Waals surface area (Å²) in [5.41, 5.74) is 8.57. The summed E-state index contributed by atoms with van der Waals surface area (Å²) in [5, 5.41) is 2.20. The highest BCUT2D eigenvalue weighted by atomic mass is 16.5. The van der Waals surface area contributed by atoms with Gasteiger partial charge in [0, 0.05) is 28.9 Å². The first-order chi connectivity index (χ1) is 17.3. The van der Waals surface area contributed by atoms with Gasteiger partial charge in [-0.1, -0.05) is 42.5 Å². The van der Waals surface area contributed by atoms with Crippen LogP contribution in [-0.2, 0) is 0 Å². The maximum atomic E-state index is 6.19. The van der Waals surface area contributed by atoms with E-state index in [-0.39, 0.29) is 0 Å². The molecule has 3 heterocycles. The molecule has 0 spiro atoms. The molecule has 35 heavy (non-hydrogen) atoms. The summed E-state index contributed by atoms with van der Waals surface area (Å²) >= 11 is 0. The number of aryl methyl sites for hydroxylation is 1. The molecule has 0 aliphatic carbocycles. The van der Waals surface area contributed by atoms with E-state index in [2.05, 4.69) is 70.3 Å². The monoisotopic (exact) mass is 451 g/mol. The molecule has 0 unspecified atom stereocenters. The molecule has 1 aliphatic heterocycles. The van der Waals surface area contributed by atoms with Crippen molar-refractivity contribution in [2.45, 2.75) is 6.92 Å². The molecular weight excluding hydrogens is 430 g/mol. The highest BCUT2D eigenvalue weighted by molar-refractivity contribution is 6.10. The van der Waals surface area contributed by atoms with Crippen LogP contribution >= 0.6 is 0 Å². The summed E-state index contributed by atoms with van der Waals surface area (Å²) in [6.07, 6.45) is 3.66. The lowest BCUT2D eigenvalue weighted by atomic mass is 9.94. The molecule has 2 aromatic heterocycles. The summed E-state index contributed by atoms with van der Waals surface area (Å²) < 4.78 is 6.19. The lowest BCUT2D eigenvalue weighted by Gasteiger charge is -2.33. The van der Waals surface area contributed by atoms with Crippen LogP contribution in [0.2, 0.25) is 0 Å². The highest BCUT2D eigenvalue weighted by Gasteiger charge is 2.25. The standard InChI is InChI=1S/C31H21N3O/c1-20-18-22(34-26-10-2-4-12-28(26)35-29-13-5-3-11-27(29)34)14-15-23(20)25-19-21-8-6-16-32-30(21)31-24(25)9-7-17-33-31/h2-19H,1H3. The minimum Gasteiger partial charge on any atom is -0.453 e. The van der Waals surface area contributed by atoms with Crippen LogP contribution in [0.15, 0.2) is 109 Å². The van der Waals surface area contributed by atoms with Crippen molar-refractivity contribution in [2.75, 3.05) is 4.90 Å². The van der Waals surface area contributed by atoms with Crippen LogP contribution in [0.25, 0.3) is 32.9 Å². The van der Waals surface area contributed by atoms with Gasteiger partial charge in [-0.3, -0.25) is 9.97 Å². The van der Waals surface area contributed by atoms with Crippen LogP contribution in [0.4, 0.5) is 17.1 Å². The number of para-hydroxylation sites is 4. The molecule has 6 aromatic rings. The number of rotatable bonds is 2. The Balaban J connectivity index is 1.42. The van der Waals surface area contributed by atoms with E-state index in [0.717, 1.165) is 50.4 Å². The maximum absolute atomic E-state index is 6.19. The summed E-state index contributed by atoms with van der Waals surface area (Å²) in [4.78, 5) is 11.6. The first-order valence-corrected chi connectivity index (χ1v) is 11.7. The third-order valence-corrected chi connectivity index (χ3v) is 6.65. The molecule has 0 bridgehead atoms. The molecule has 4 aromatic carbocycles. The Labute approximate surface area is 203 Å². The Bertz CT molecular complexity index is 1710. The van der Waals surface area contributed by atoms with Gasteiger partial charge in [-0.2, -0.15) is 0 Å². The normalized spacial score (nSPS) is 12.3. The second-order valence-electron chi connectivity index (χ2n) is 8.77. The molecule has 0 N–H and O–H groups in total. The Morgan fingerprint density at radius 1 is 0.629 bits per heavy atom. The van der Waals surface area contributed by atoms with Gasteiger partial charge in [0.1, 0.15) is 0 Å². The number of benzene rings is 4. The average molecular weight is 452 g/mol. The Morgan fingerprint density at radius 3 is 2.06 bits per heavy atom. The van der Waals surface area contributed by atoms with Gasteiger partial charge in [0.05, 0.1) is 22.4 Å².